The molecule has 0 saturated carbocycles. The molecule has 2 aliphatic rings. The summed E-state index contributed by atoms with van der Waals surface area (Å²) in [5.74, 6) is 0.573. The van der Waals surface area contributed by atoms with Gasteiger partial charge >= 0.3 is 0 Å². The van der Waals surface area contributed by atoms with Crippen LogP contribution in [0.2, 0.25) is 0 Å². The maximum absolute atomic E-state index is 12.9. The van der Waals surface area contributed by atoms with Crippen molar-refractivity contribution in [2.24, 2.45) is 0 Å². The van der Waals surface area contributed by atoms with Crippen LogP contribution in [0, 0.1) is 0 Å². The lowest BCUT2D eigenvalue weighted by Crippen LogP contribution is -2.49. The molecule has 29 heavy (non-hydrogen) atoms. The van der Waals surface area contributed by atoms with Crippen LogP contribution in [0.15, 0.2) is 48.5 Å². The number of piperidine rings is 1. The molecule has 0 aromatic heterocycles. The van der Waals surface area contributed by atoms with E-state index in [0.29, 0.717) is 43.8 Å². The average molecular weight is 394 g/mol. The SMILES string of the molecule is COc1ccccc1C1(O)CCCN(C(=O)CCN2Cc3ccccc3C2=O)C1. The third kappa shape index (κ3) is 3.72. The summed E-state index contributed by atoms with van der Waals surface area (Å²) >= 11 is 0. The lowest BCUT2D eigenvalue weighted by molar-refractivity contribution is -0.139. The van der Waals surface area contributed by atoms with Gasteiger partial charge in [-0.15, -0.1) is 0 Å². The van der Waals surface area contributed by atoms with Crippen molar-refractivity contribution in [3.63, 3.8) is 0 Å². The fourth-order valence-electron chi connectivity index (χ4n) is 4.38. The Morgan fingerprint density at radius 2 is 1.93 bits per heavy atom. The molecule has 0 radical (unpaired) electrons. The Bertz CT molecular complexity index is 929. The van der Waals surface area contributed by atoms with Gasteiger partial charge in [-0.3, -0.25) is 9.59 Å². The first kappa shape index (κ1) is 19.5. The third-order valence-electron chi connectivity index (χ3n) is 5.92. The summed E-state index contributed by atoms with van der Waals surface area (Å²) in [4.78, 5) is 28.8. The zero-order valence-corrected chi connectivity index (χ0v) is 16.6. The first-order chi connectivity index (χ1) is 14.0. The van der Waals surface area contributed by atoms with E-state index in [1.807, 2.05) is 48.5 Å². The Hall–Kier alpha value is -2.86. The smallest absolute Gasteiger partial charge is 0.254 e. The van der Waals surface area contributed by atoms with Crippen molar-refractivity contribution in [2.45, 2.75) is 31.4 Å². The summed E-state index contributed by atoms with van der Waals surface area (Å²) in [6.07, 6.45) is 1.55. The number of carbonyl (C=O) groups is 2. The minimum atomic E-state index is -1.12. The molecule has 2 heterocycles. The molecule has 6 heteroatoms. The normalized spacial score (nSPS) is 21.2. The zero-order valence-electron chi connectivity index (χ0n) is 16.6. The molecule has 1 unspecified atom stereocenters. The van der Waals surface area contributed by atoms with Crippen molar-refractivity contribution < 1.29 is 19.4 Å². The molecule has 152 valence electrons. The predicted molar refractivity (Wildman–Crippen MR) is 109 cm³/mol. The number of aliphatic hydroxyl groups is 1. The van der Waals surface area contributed by atoms with Gasteiger partial charge < -0.3 is 19.6 Å². The molecular weight excluding hydrogens is 368 g/mol. The van der Waals surface area contributed by atoms with E-state index in [0.717, 1.165) is 11.1 Å². The number of methoxy groups -OCH3 is 1. The predicted octanol–water partition coefficient (Wildman–Crippen LogP) is 2.55. The summed E-state index contributed by atoms with van der Waals surface area (Å²) < 4.78 is 5.41. The Kier molecular flexibility index (Phi) is 5.28. The third-order valence-corrected chi connectivity index (χ3v) is 5.92. The first-order valence-electron chi connectivity index (χ1n) is 10.0. The van der Waals surface area contributed by atoms with Crippen LogP contribution < -0.4 is 4.74 Å². The number of hydrogen-bond acceptors (Lipinski definition) is 4. The molecule has 4 rings (SSSR count). The molecule has 0 aliphatic carbocycles. The molecule has 2 amide bonds. The van der Waals surface area contributed by atoms with Crippen LogP contribution in [0.25, 0.3) is 0 Å². The largest absolute Gasteiger partial charge is 0.496 e. The minimum absolute atomic E-state index is 0.0161. The van der Waals surface area contributed by atoms with Gasteiger partial charge in [0.05, 0.1) is 13.7 Å². The molecule has 2 aromatic rings. The van der Waals surface area contributed by atoms with Crippen LogP contribution >= 0.6 is 0 Å². The number of benzene rings is 2. The number of fused-ring (bicyclic) bond motifs is 1. The summed E-state index contributed by atoms with van der Waals surface area (Å²) in [5, 5.41) is 11.3. The monoisotopic (exact) mass is 394 g/mol. The Labute approximate surface area is 170 Å². The van der Waals surface area contributed by atoms with Crippen LogP contribution in [0.5, 0.6) is 5.75 Å². The number of β-amino-alcohol motifs (C(OH)–C–C–N with tert-alkyl or cyclic N) is 1. The highest BCUT2D eigenvalue weighted by Gasteiger charge is 2.38. The van der Waals surface area contributed by atoms with E-state index in [1.54, 1.807) is 16.9 Å². The number of ether oxygens (including phenoxy) is 1. The average Bonchev–Trinajstić information content (AvgIpc) is 3.08. The van der Waals surface area contributed by atoms with E-state index in [9.17, 15) is 14.7 Å². The Morgan fingerprint density at radius 3 is 2.72 bits per heavy atom. The number of amides is 2. The van der Waals surface area contributed by atoms with E-state index in [1.165, 1.54) is 0 Å². The molecule has 1 N–H and O–H groups in total. The van der Waals surface area contributed by atoms with Gasteiger partial charge in [-0.1, -0.05) is 36.4 Å². The number of likely N-dealkylation sites (tertiary alicyclic amines) is 1. The number of hydrogen-bond donors (Lipinski definition) is 1. The second-order valence-electron chi connectivity index (χ2n) is 7.78. The lowest BCUT2D eigenvalue weighted by Gasteiger charge is -2.40. The number of carbonyl (C=O) groups excluding carboxylic acids is 2. The van der Waals surface area contributed by atoms with Crippen molar-refractivity contribution in [1.82, 2.24) is 9.80 Å². The van der Waals surface area contributed by atoms with Gasteiger partial charge in [-0.05, 0) is 30.5 Å². The summed E-state index contributed by atoms with van der Waals surface area (Å²) in [6, 6.07) is 15.0. The number of nitrogens with zero attached hydrogens (tertiary/aromatic N) is 2. The van der Waals surface area contributed by atoms with Gasteiger partial charge in [0.2, 0.25) is 5.91 Å². The number of para-hydroxylation sites is 1. The summed E-state index contributed by atoms with van der Waals surface area (Å²) in [6.45, 7) is 1.79. The molecular formula is C23H26N2O4. The standard InChI is InChI=1S/C23H26N2O4/c1-29-20-10-5-4-9-19(20)23(28)12-6-13-25(16-23)21(26)11-14-24-15-17-7-2-3-8-18(17)22(24)27/h2-5,7-10,28H,6,11-16H2,1H3. The van der Waals surface area contributed by atoms with Crippen molar-refractivity contribution in [2.75, 3.05) is 26.7 Å². The van der Waals surface area contributed by atoms with Gasteiger partial charge in [0.15, 0.2) is 0 Å². The quantitative estimate of drug-likeness (QED) is 0.846. The summed E-state index contributed by atoms with van der Waals surface area (Å²) in [5.41, 5.74) is 1.32. The van der Waals surface area contributed by atoms with Crippen LogP contribution in [-0.2, 0) is 16.9 Å². The second-order valence-corrected chi connectivity index (χ2v) is 7.78. The molecule has 0 spiro atoms. The van der Waals surface area contributed by atoms with Crippen LogP contribution in [0.3, 0.4) is 0 Å². The van der Waals surface area contributed by atoms with Gasteiger partial charge in [0, 0.05) is 37.2 Å². The molecule has 1 saturated heterocycles. The highest BCUT2D eigenvalue weighted by molar-refractivity contribution is 5.98. The van der Waals surface area contributed by atoms with Gasteiger partial charge in [0.25, 0.3) is 5.91 Å². The summed E-state index contributed by atoms with van der Waals surface area (Å²) in [7, 11) is 1.58. The van der Waals surface area contributed by atoms with E-state index in [-0.39, 0.29) is 24.8 Å². The first-order valence-corrected chi connectivity index (χ1v) is 10.0. The fraction of sp³-hybridized carbons (Fsp3) is 0.391. The topological polar surface area (TPSA) is 70.1 Å². The fourth-order valence-corrected chi connectivity index (χ4v) is 4.38. The zero-order chi connectivity index (χ0) is 20.4. The van der Waals surface area contributed by atoms with Gasteiger partial charge in [-0.25, -0.2) is 0 Å². The molecule has 6 nitrogen and oxygen atoms in total. The number of rotatable bonds is 5. The maximum atomic E-state index is 12.9. The lowest BCUT2D eigenvalue weighted by atomic mass is 9.85. The highest BCUT2D eigenvalue weighted by atomic mass is 16.5. The molecule has 0 bridgehead atoms. The minimum Gasteiger partial charge on any atom is -0.496 e. The van der Waals surface area contributed by atoms with Gasteiger partial charge in [0.1, 0.15) is 11.4 Å². The van der Waals surface area contributed by atoms with E-state index < -0.39 is 5.60 Å². The highest BCUT2D eigenvalue weighted by Crippen LogP contribution is 2.37. The molecule has 1 fully saturated rings. The van der Waals surface area contributed by atoms with Crippen molar-refractivity contribution in [3.05, 3.63) is 65.2 Å². The Morgan fingerprint density at radius 1 is 1.17 bits per heavy atom. The van der Waals surface area contributed by atoms with Gasteiger partial charge in [-0.2, -0.15) is 0 Å². The Balaban J connectivity index is 1.40. The van der Waals surface area contributed by atoms with Crippen molar-refractivity contribution in [3.8, 4) is 5.75 Å². The second kappa shape index (κ2) is 7.87. The van der Waals surface area contributed by atoms with Crippen LogP contribution in [0.1, 0.15) is 40.7 Å². The van der Waals surface area contributed by atoms with Crippen molar-refractivity contribution >= 4 is 11.8 Å². The van der Waals surface area contributed by atoms with Crippen LogP contribution in [0.4, 0.5) is 0 Å². The molecule has 1 atom stereocenters. The van der Waals surface area contributed by atoms with Crippen molar-refractivity contribution in [1.29, 1.82) is 0 Å². The van der Waals surface area contributed by atoms with E-state index >= 15 is 0 Å². The van der Waals surface area contributed by atoms with E-state index in [4.69, 9.17) is 4.74 Å². The molecule has 2 aliphatic heterocycles. The van der Waals surface area contributed by atoms with Crippen LogP contribution in [-0.4, -0.2) is 53.5 Å². The van der Waals surface area contributed by atoms with E-state index in [2.05, 4.69) is 0 Å². The molecule has 2 aromatic carbocycles. The maximum Gasteiger partial charge on any atom is 0.254 e.